The number of aryl methyl sites for hydroxylation is 1. The van der Waals surface area contributed by atoms with Crippen molar-refractivity contribution in [3.05, 3.63) is 39.7 Å². The van der Waals surface area contributed by atoms with Gasteiger partial charge in [0.2, 0.25) is 5.82 Å². The van der Waals surface area contributed by atoms with Gasteiger partial charge in [0, 0.05) is 23.9 Å². The predicted octanol–water partition coefficient (Wildman–Crippen LogP) is -0.0236. The second-order valence-electron chi connectivity index (χ2n) is 4.15. The van der Waals surface area contributed by atoms with E-state index in [0.29, 0.717) is 0 Å². The smallest absolute Gasteiger partial charge is 0.270 e. The third-order valence-corrected chi connectivity index (χ3v) is 2.55. The number of nitro benzene ring substituents is 1. The summed E-state index contributed by atoms with van der Waals surface area (Å²) in [5, 5.41) is 41.0. The molecule has 2 N–H and O–H groups in total. The van der Waals surface area contributed by atoms with Crippen LogP contribution in [-0.4, -0.2) is 48.1 Å². The van der Waals surface area contributed by atoms with Crippen LogP contribution >= 0.6 is 0 Å². The van der Waals surface area contributed by atoms with E-state index in [1.807, 2.05) is 0 Å². The second kappa shape index (κ2) is 6.05. The lowest BCUT2D eigenvalue weighted by atomic mass is 10.2. The number of tetrazole rings is 1. The van der Waals surface area contributed by atoms with Crippen LogP contribution in [0.5, 0.6) is 5.75 Å². The maximum absolute atomic E-state index is 10.6. The van der Waals surface area contributed by atoms with Gasteiger partial charge in [-0.15, -0.1) is 10.2 Å². The predicted molar refractivity (Wildman–Crippen MR) is 71.0 cm³/mol. The van der Waals surface area contributed by atoms with Crippen LogP contribution in [0, 0.1) is 10.1 Å². The Morgan fingerprint density at radius 1 is 1.57 bits per heavy atom. The molecule has 0 bridgehead atoms. The van der Waals surface area contributed by atoms with Crippen molar-refractivity contribution in [2.75, 3.05) is 6.54 Å². The molecule has 10 nitrogen and oxygen atoms in total. The van der Waals surface area contributed by atoms with E-state index in [1.54, 1.807) is 7.05 Å². The lowest BCUT2D eigenvalue weighted by Gasteiger charge is -2.02. The summed E-state index contributed by atoms with van der Waals surface area (Å²) in [6.45, 7) is -0.0617. The molecule has 0 aliphatic heterocycles. The van der Waals surface area contributed by atoms with Crippen molar-refractivity contribution in [3.63, 3.8) is 0 Å². The minimum atomic E-state index is -1.05. The highest BCUT2D eigenvalue weighted by molar-refractivity contribution is 5.84. The molecule has 0 radical (unpaired) electrons. The largest absolute Gasteiger partial charge is 0.507 e. The van der Waals surface area contributed by atoms with Crippen molar-refractivity contribution in [2.45, 2.75) is 6.10 Å². The fourth-order valence-electron chi connectivity index (χ4n) is 1.52. The molecular weight excluding hydrogens is 280 g/mol. The molecule has 10 heteroatoms. The first-order valence-electron chi connectivity index (χ1n) is 5.86. The fraction of sp³-hybridized carbons (Fsp3) is 0.273. The molecule has 1 heterocycles. The maximum atomic E-state index is 10.6. The van der Waals surface area contributed by atoms with Crippen LogP contribution in [-0.2, 0) is 7.05 Å². The van der Waals surface area contributed by atoms with Gasteiger partial charge in [0.05, 0.1) is 18.5 Å². The second-order valence-corrected chi connectivity index (χ2v) is 4.15. The zero-order chi connectivity index (χ0) is 15.4. The number of phenolic OH excluding ortho intramolecular Hbond substituents is 1. The van der Waals surface area contributed by atoms with Crippen LogP contribution in [0.2, 0.25) is 0 Å². The Kier molecular flexibility index (Phi) is 4.18. The van der Waals surface area contributed by atoms with Gasteiger partial charge in [0.1, 0.15) is 11.9 Å². The summed E-state index contributed by atoms with van der Waals surface area (Å²) in [5.41, 5.74) is 0.0221. The molecule has 0 aliphatic carbocycles. The molecule has 0 aliphatic rings. The van der Waals surface area contributed by atoms with Crippen LogP contribution in [0.25, 0.3) is 0 Å². The number of rotatable bonds is 5. The van der Waals surface area contributed by atoms with Gasteiger partial charge in [-0.25, -0.2) is 0 Å². The number of aromatic hydroxyl groups is 1. The number of aliphatic hydroxyl groups excluding tert-OH is 1. The Labute approximate surface area is 118 Å². The Balaban J connectivity index is 2.07. The van der Waals surface area contributed by atoms with E-state index in [0.717, 1.165) is 0 Å². The van der Waals surface area contributed by atoms with Crippen molar-refractivity contribution >= 4 is 11.9 Å². The van der Waals surface area contributed by atoms with Gasteiger partial charge in [-0.05, 0) is 11.3 Å². The third-order valence-electron chi connectivity index (χ3n) is 2.55. The molecule has 110 valence electrons. The SMILES string of the molecule is Cn1nnc(C(O)CN=Cc2cc([N+](=O)[O-])ccc2O)n1. The molecule has 0 fully saturated rings. The molecule has 2 aromatic rings. The van der Waals surface area contributed by atoms with Crippen LogP contribution < -0.4 is 0 Å². The first-order chi connectivity index (χ1) is 9.97. The van der Waals surface area contributed by atoms with Crippen LogP contribution in [0.3, 0.4) is 0 Å². The number of non-ortho nitro benzene ring substituents is 1. The molecule has 2 rings (SSSR count). The van der Waals surface area contributed by atoms with Gasteiger partial charge < -0.3 is 10.2 Å². The molecule has 0 amide bonds. The number of aliphatic imine (C=N–C) groups is 1. The van der Waals surface area contributed by atoms with Gasteiger partial charge in [-0.1, -0.05) is 0 Å². The third kappa shape index (κ3) is 3.57. The fourth-order valence-corrected chi connectivity index (χ4v) is 1.52. The van der Waals surface area contributed by atoms with Crippen LogP contribution in [0.15, 0.2) is 23.2 Å². The Hall–Kier alpha value is -2.88. The number of nitro groups is 1. The monoisotopic (exact) mass is 292 g/mol. The van der Waals surface area contributed by atoms with Gasteiger partial charge in [-0.2, -0.15) is 4.80 Å². The molecular formula is C11H12N6O4. The van der Waals surface area contributed by atoms with Crippen LogP contribution in [0.1, 0.15) is 17.5 Å². The molecule has 1 unspecified atom stereocenters. The normalized spacial score (nSPS) is 12.7. The van der Waals surface area contributed by atoms with Gasteiger partial charge in [0.25, 0.3) is 5.69 Å². The van der Waals surface area contributed by atoms with E-state index in [1.165, 1.54) is 29.2 Å². The maximum Gasteiger partial charge on any atom is 0.270 e. The average Bonchev–Trinajstić information content (AvgIpc) is 2.87. The Morgan fingerprint density at radius 3 is 2.95 bits per heavy atom. The molecule has 1 aromatic carbocycles. The number of phenols is 1. The number of nitrogens with zero attached hydrogens (tertiary/aromatic N) is 6. The van der Waals surface area contributed by atoms with E-state index in [-0.39, 0.29) is 29.4 Å². The van der Waals surface area contributed by atoms with Crippen molar-refractivity contribution in [1.82, 2.24) is 20.2 Å². The van der Waals surface area contributed by atoms with Gasteiger partial charge in [-0.3, -0.25) is 15.1 Å². The highest BCUT2D eigenvalue weighted by Crippen LogP contribution is 2.21. The molecule has 0 spiro atoms. The van der Waals surface area contributed by atoms with E-state index >= 15 is 0 Å². The highest BCUT2D eigenvalue weighted by atomic mass is 16.6. The first kappa shape index (κ1) is 14.5. The molecule has 0 saturated heterocycles. The van der Waals surface area contributed by atoms with E-state index in [4.69, 9.17) is 0 Å². The van der Waals surface area contributed by atoms with E-state index in [9.17, 15) is 20.3 Å². The van der Waals surface area contributed by atoms with E-state index in [2.05, 4.69) is 20.4 Å². The molecule has 21 heavy (non-hydrogen) atoms. The summed E-state index contributed by atoms with van der Waals surface area (Å²) in [6.07, 6.45) is 0.192. The molecule has 0 saturated carbocycles. The summed E-state index contributed by atoms with van der Waals surface area (Å²) >= 11 is 0. The Bertz CT molecular complexity index is 683. The number of aromatic nitrogens is 4. The summed E-state index contributed by atoms with van der Waals surface area (Å²) in [6, 6.07) is 3.58. The van der Waals surface area contributed by atoms with Gasteiger partial charge >= 0.3 is 0 Å². The first-order valence-corrected chi connectivity index (χ1v) is 5.86. The van der Waals surface area contributed by atoms with Crippen molar-refractivity contribution in [1.29, 1.82) is 0 Å². The number of aliphatic hydroxyl groups is 1. The lowest BCUT2D eigenvalue weighted by Crippen LogP contribution is -2.05. The summed E-state index contributed by atoms with van der Waals surface area (Å²) in [7, 11) is 1.56. The summed E-state index contributed by atoms with van der Waals surface area (Å²) in [5.74, 6) is -0.0191. The standard InChI is InChI=1S/C11H12N6O4/c1-16-14-11(13-15-16)10(19)6-12-5-7-4-8(17(20)21)2-3-9(7)18/h2-5,10,18-19H,6H2,1H3. The van der Waals surface area contributed by atoms with Gasteiger partial charge in [0.15, 0.2) is 0 Å². The Morgan fingerprint density at radius 2 is 2.33 bits per heavy atom. The quantitative estimate of drug-likeness (QED) is 0.448. The lowest BCUT2D eigenvalue weighted by molar-refractivity contribution is -0.384. The zero-order valence-corrected chi connectivity index (χ0v) is 11.0. The van der Waals surface area contributed by atoms with Crippen molar-refractivity contribution < 1.29 is 15.1 Å². The van der Waals surface area contributed by atoms with Crippen LogP contribution in [0.4, 0.5) is 5.69 Å². The molecule has 1 atom stereocenters. The summed E-state index contributed by atoms with van der Waals surface area (Å²) < 4.78 is 0. The minimum absolute atomic E-state index is 0.0617. The van der Waals surface area contributed by atoms with Crippen molar-refractivity contribution in [2.24, 2.45) is 12.0 Å². The average molecular weight is 292 g/mol. The zero-order valence-electron chi connectivity index (χ0n) is 11.0. The number of benzene rings is 1. The number of hydrogen-bond acceptors (Lipinski definition) is 8. The topological polar surface area (TPSA) is 140 Å². The number of hydrogen-bond donors (Lipinski definition) is 2. The minimum Gasteiger partial charge on any atom is -0.507 e. The molecule has 1 aromatic heterocycles. The highest BCUT2D eigenvalue weighted by Gasteiger charge is 2.13. The van der Waals surface area contributed by atoms with E-state index < -0.39 is 11.0 Å². The van der Waals surface area contributed by atoms with Crippen molar-refractivity contribution in [3.8, 4) is 5.75 Å². The summed E-state index contributed by atoms with van der Waals surface area (Å²) in [4.78, 5) is 15.2.